The number of rotatable bonds is 7. The van der Waals surface area contributed by atoms with Crippen LogP contribution in [0.15, 0.2) is 95.9 Å². The molecule has 1 heterocycles. The van der Waals surface area contributed by atoms with Crippen LogP contribution in [-0.2, 0) is 11.4 Å². The zero-order valence-electron chi connectivity index (χ0n) is 17.1. The van der Waals surface area contributed by atoms with Gasteiger partial charge in [-0.3, -0.25) is 10.1 Å². The van der Waals surface area contributed by atoms with Crippen molar-refractivity contribution in [1.29, 1.82) is 5.26 Å². The lowest BCUT2D eigenvalue weighted by Crippen LogP contribution is -2.13. The molecule has 0 aliphatic heterocycles. The number of nitrogens with one attached hydrogen (secondary N) is 1. The summed E-state index contributed by atoms with van der Waals surface area (Å²) in [5, 5.41) is 14.5. The molecule has 6 heteroatoms. The highest BCUT2D eigenvalue weighted by Crippen LogP contribution is 2.25. The molecule has 0 bridgehead atoms. The number of aromatic nitrogens is 1. The zero-order valence-corrected chi connectivity index (χ0v) is 17.9. The van der Waals surface area contributed by atoms with E-state index >= 15 is 0 Å². The lowest BCUT2D eigenvalue weighted by molar-refractivity contribution is -0.112. The first kappa shape index (κ1) is 21.0. The fourth-order valence-electron chi connectivity index (χ4n) is 2.95. The number of hydrogen-bond acceptors (Lipinski definition) is 5. The maximum absolute atomic E-state index is 12.6. The minimum Gasteiger partial charge on any atom is -0.489 e. The summed E-state index contributed by atoms with van der Waals surface area (Å²) >= 11 is 1.32. The smallest absolute Gasteiger partial charge is 0.268 e. The van der Waals surface area contributed by atoms with Gasteiger partial charge in [-0.05, 0) is 29.3 Å². The third-order valence-corrected chi connectivity index (χ3v) is 5.36. The molecule has 0 saturated carbocycles. The standard InChI is InChI=1S/C26H19N3O2S/c27-16-22(25(30)29-26-28-24(18-32-26)21-9-5-2-6-10-21)15-19-11-13-23(14-12-19)31-17-20-7-3-1-4-8-20/h1-15,18H,17H2,(H,28,29,30)/b22-15-. The van der Waals surface area contributed by atoms with Gasteiger partial charge in [0.05, 0.1) is 5.69 Å². The number of anilines is 1. The largest absolute Gasteiger partial charge is 0.489 e. The Labute approximate surface area is 190 Å². The topological polar surface area (TPSA) is 75.0 Å². The van der Waals surface area contributed by atoms with Gasteiger partial charge in [0.15, 0.2) is 5.13 Å². The van der Waals surface area contributed by atoms with E-state index < -0.39 is 5.91 Å². The maximum atomic E-state index is 12.6. The van der Waals surface area contributed by atoms with Crippen molar-refractivity contribution >= 4 is 28.5 Å². The first-order valence-corrected chi connectivity index (χ1v) is 10.8. The Morgan fingerprint density at radius 3 is 2.38 bits per heavy atom. The number of carbonyl (C=O) groups excluding carboxylic acids is 1. The summed E-state index contributed by atoms with van der Waals surface area (Å²) < 4.78 is 5.77. The first-order chi connectivity index (χ1) is 15.7. The number of thiazole rings is 1. The summed E-state index contributed by atoms with van der Waals surface area (Å²) in [6, 6.07) is 28.8. The van der Waals surface area contributed by atoms with E-state index in [1.165, 1.54) is 11.3 Å². The lowest BCUT2D eigenvalue weighted by Gasteiger charge is -2.06. The van der Waals surface area contributed by atoms with E-state index in [1.54, 1.807) is 6.08 Å². The van der Waals surface area contributed by atoms with Gasteiger partial charge in [-0.15, -0.1) is 11.3 Å². The van der Waals surface area contributed by atoms with Crippen molar-refractivity contribution < 1.29 is 9.53 Å². The number of amides is 1. The van der Waals surface area contributed by atoms with Gasteiger partial charge in [-0.2, -0.15) is 5.26 Å². The molecule has 0 atom stereocenters. The van der Waals surface area contributed by atoms with Crippen molar-refractivity contribution in [2.45, 2.75) is 6.61 Å². The summed E-state index contributed by atoms with van der Waals surface area (Å²) in [6.07, 6.45) is 1.54. The Kier molecular flexibility index (Phi) is 6.71. The van der Waals surface area contributed by atoms with Crippen LogP contribution in [0, 0.1) is 11.3 Å². The molecule has 1 aromatic heterocycles. The first-order valence-electron chi connectivity index (χ1n) is 9.92. The van der Waals surface area contributed by atoms with E-state index in [0.29, 0.717) is 17.5 Å². The SMILES string of the molecule is N#C/C(=C/c1ccc(OCc2ccccc2)cc1)C(=O)Nc1nc(-c2ccccc2)cs1. The number of nitrogens with zero attached hydrogens (tertiary/aromatic N) is 2. The summed E-state index contributed by atoms with van der Waals surface area (Å²) in [6.45, 7) is 0.473. The van der Waals surface area contributed by atoms with E-state index in [1.807, 2.05) is 96.4 Å². The van der Waals surface area contributed by atoms with Crippen molar-refractivity contribution in [2.24, 2.45) is 0 Å². The van der Waals surface area contributed by atoms with Gasteiger partial charge in [-0.25, -0.2) is 4.98 Å². The molecular formula is C26H19N3O2S. The Bertz CT molecular complexity index is 1260. The van der Waals surface area contributed by atoms with Crippen LogP contribution >= 0.6 is 11.3 Å². The predicted octanol–water partition coefficient (Wildman–Crippen LogP) is 5.93. The van der Waals surface area contributed by atoms with Gasteiger partial charge < -0.3 is 4.74 Å². The van der Waals surface area contributed by atoms with Crippen LogP contribution in [0.4, 0.5) is 5.13 Å². The maximum Gasteiger partial charge on any atom is 0.268 e. The molecule has 0 aliphatic rings. The van der Waals surface area contributed by atoms with Crippen LogP contribution in [0.25, 0.3) is 17.3 Å². The molecule has 156 valence electrons. The van der Waals surface area contributed by atoms with E-state index in [0.717, 1.165) is 22.4 Å². The molecule has 0 saturated heterocycles. The molecule has 0 spiro atoms. The van der Waals surface area contributed by atoms with Gasteiger partial charge in [0.2, 0.25) is 0 Å². The molecule has 0 aliphatic carbocycles. The lowest BCUT2D eigenvalue weighted by atomic mass is 10.1. The molecule has 0 unspecified atom stereocenters. The monoisotopic (exact) mass is 437 g/mol. The van der Waals surface area contributed by atoms with Gasteiger partial charge in [0, 0.05) is 10.9 Å². The third-order valence-electron chi connectivity index (χ3n) is 4.60. The second-order valence-corrected chi connectivity index (χ2v) is 7.73. The molecule has 4 rings (SSSR count). The zero-order chi connectivity index (χ0) is 22.2. The molecule has 3 aromatic carbocycles. The number of carbonyl (C=O) groups is 1. The highest BCUT2D eigenvalue weighted by Gasteiger charge is 2.12. The van der Waals surface area contributed by atoms with Crippen LogP contribution in [0.3, 0.4) is 0 Å². The summed E-state index contributed by atoms with van der Waals surface area (Å²) in [5.41, 5.74) is 3.55. The van der Waals surface area contributed by atoms with Gasteiger partial charge in [0.25, 0.3) is 5.91 Å². The molecular weight excluding hydrogens is 418 g/mol. The van der Waals surface area contributed by atoms with Crippen LogP contribution in [0.5, 0.6) is 5.75 Å². The van der Waals surface area contributed by atoms with Gasteiger partial charge >= 0.3 is 0 Å². The second kappa shape index (κ2) is 10.2. The van der Waals surface area contributed by atoms with Crippen molar-refractivity contribution in [2.75, 3.05) is 5.32 Å². The fraction of sp³-hybridized carbons (Fsp3) is 0.0385. The minimum atomic E-state index is -0.495. The average molecular weight is 438 g/mol. The third kappa shape index (κ3) is 5.48. The van der Waals surface area contributed by atoms with Crippen LogP contribution in [0.1, 0.15) is 11.1 Å². The number of nitriles is 1. The van der Waals surface area contributed by atoms with E-state index in [4.69, 9.17) is 4.74 Å². The Balaban J connectivity index is 1.39. The Morgan fingerprint density at radius 2 is 1.69 bits per heavy atom. The summed E-state index contributed by atoms with van der Waals surface area (Å²) in [4.78, 5) is 17.0. The molecule has 32 heavy (non-hydrogen) atoms. The van der Waals surface area contributed by atoms with Crippen LogP contribution in [-0.4, -0.2) is 10.9 Å². The number of ether oxygens (including phenoxy) is 1. The molecule has 4 aromatic rings. The fourth-order valence-corrected chi connectivity index (χ4v) is 3.67. The molecule has 0 fully saturated rings. The number of hydrogen-bond donors (Lipinski definition) is 1. The molecule has 1 amide bonds. The van der Waals surface area contributed by atoms with Crippen LogP contribution in [0.2, 0.25) is 0 Å². The van der Waals surface area contributed by atoms with Gasteiger partial charge in [0.1, 0.15) is 24.0 Å². The highest BCUT2D eigenvalue weighted by atomic mass is 32.1. The summed E-state index contributed by atoms with van der Waals surface area (Å²) in [5.74, 6) is 0.219. The van der Waals surface area contributed by atoms with Crippen molar-refractivity contribution in [1.82, 2.24) is 4.98 Å². The van der Waals surface area contributed by atoms with Crippen molar-refractivity contribution in [3.63, 3.8) is 0 Å². The minimum absolute atomic E-state index is 0.000542. The van der Waals surface area contributed by atoms with Crippen LogP contribution < -0.4 is 10.1 Å². The molecule has 5 nitrogen and oxygen atoms in total. The quantitative estimate of drug-likeness (QED) is 0.287. The molecule has 1 N–H and O–H groups in total. The van der Waals surface area contributed by atoms with Crippen molar-refractivity contribution in [3.05, 3.63) is 107 Å². The number of benzene rings is 3. The average Bonchev–Trinajstić information content (AvgIpc) is 3.31. The van der Waals surface area contributed by atoms with E-state index in [-0.39, 0.29) is 5.57 Å². The summed E-state index contributed by atoms with van der Waals surface area (Å²) in [7, 11) is 0. The molecule has 0 radical (unpaired) electrons. The highest BCUT2D eigenvalue weighted by molar-refractivity contribution is 7.14. The van der Waals surface area contributed by atoms with Crippen molar-refractivity contribution in [3.8, 4) is 23.1 Å². The normalized spacial score (nSPS) is 10.9. The Morgan fingerprint density at radius 1 is 1.00 bits per heavy atom. The van der Waals surface area contributed by atoms with E-state index in [9.17, 15) is 10.1 Å². The predicted molar refractivity (Wildman–Crippen MR) is 127 cm³/mol. The van der Waals surface area contributed by atoms with Gasteiger partial charge in [-0.1, -0.05) is 72.8 Å². The van der Waals surface area contributed by atoms with E-state index in [2.05, 4.69) is 10.3 Å². The Hall–Kier alpha value is -4.21. The second-order valence-electron chi connectivity index (χ2n) is 6.87.